The van der Waals surface area contributed by atoms with Crippen molar-refractivity contribution in [2.24, 2.45) is 0 Å². The Bertz CT molecular complexity index is 1300. The Kier molecular flexibility index (Phi) is 7.40. The molecule has 9 heteroatoms. The molecule has 1 atom stereocenters. The van der Waals surface area contributed by atoms with Gasteiger partial charge in [0, 0.05) is 30.4 Å². The zero-order valence-corrected chi connectivity index (χ0v) is 20.6. The van der Waals surface area contributed by atoms with Crippen LogP contribution < -0.4 is 10.2 Å². The number of benzene rings is 3. The summed E-state index contributed by atoms with van der Waals surface area (Å²) in [7, 11) is -3.28. The number of carbonyl (C=O) groups is 1. The van der Waals surface area contributed by atoms with E-state index in [1.807, 2.05) is 24.3 Å². The van der Waals surface area contributed by atoms with E-state index in [0.717, 1.165) is 36.3 Å². The van der Waals surface area contributed by atoms with Crippen LogP contribution in [0.4, 0.5) is 24.5 Å². The first-order valence-corrected chi connectivity index (χ1v) is 13.3. The number of alkyl halides is 3. The van der Waals surface area contributed by atoms with E-state index in [1.165, 1.54) is 12.1 Å². The van der Waals surface area contributed by atoms with E-state index in [-0.39, 0.29) is 28.9 Å². The average molecular weight is 517 g/mol. The molecule has 0 saturated carbocycles. The minimum Gasteiger partial charge on any atom is -0.371 e. The first-order chi connectivity index (χ1) is 17.0. The average Bonchev–Trinajstić information content (AvgIpc) is 3.35. The molecule has 5 nitrogen and oxygen atoms in total. The van der Waals surface area contributed by atoms with Crippen LogP contribution in [-0.4, -0.2) is 33.2 Å². The van der Waals surface area contributed by atoms with E-state index in [9.17, 15) is 26.4 Å². The van der Waals surface area contributed by atoms with Crippen molar-refractivity contribution < 1.29 is 26.4 Å². The van der Waals surface area contributed by atoms with Crippen molar-refractivity contribution in [1.82, 2.24) is 0 Å². The second kappa shape index (κ2) is 10.3. The molecule has 1 saturated heterocycles. The molecular weight excluding hydrogens is 489 g/mol. The topological polar surface area (TPSA) is 66.5 Å². The summed E-state index contributed by atoms with van der Waals surface area (Å²) in [6.45, 7) is 3.09. The van der Waals surface area contributed by atoms with Gasteiger partial charge in [-0.3, -0.25) is 4.79 Å². The van der Waals surface area contributed by atoms with Crippen LogP contribution in [0.25, 0.3) is 0 Å². The molecule has 1 N–H and O–H groups in total. The molecular formula is C27H27F3N2O3S. The summed E-state index contributed by atoms with van der Waals surface area (Å²) in [5.41, 5.74) is 2.60. The van der Waals surface area contributed by atoms with Crippen LogP contribution in [0.15, 0.2) is 77.7 Å². The van der Waals surface area contributed by atoms with E-state index in [1.54, 1.807) is 31.2 Å². The predicted molar refractivity (Wildman–Crippen MR) is 134 cm³/mol. The van der Waals surface area contributed by atoms with Gasteiger partial charge in [-0.05, 0) is 66.1 Å². The van der Waals surface area contributed by atoms with Crippen LogP contribution in [0.5, 0.6) is 0 Å². The first kappa shape index (κ1) is 25.8. The summed E-state index contributed by atoms with van der Waals surface area (Å²) in [6.07, 6.45) is -3.36. The van der Waals surface area contributed by atoms with Crippen molar-refractivity contribution in [2.75, 3.05) is 29.1 Å². The van der Waals surface area contributed by atoms with Gasteiger partial charge < -0.3 is 10.2 Å². The van der Waals surface area contributed by atoms with Crippen molar-refractivity contribution in [3.63, 3.8) is 0 Å². The van der Waals surface area contributed by atoms with Crippen molar-refractivity contribution in [1.29, 1.82) is 0 Å². The van der Waals surface area contributed by atoms with Crippen LogP contribution in [0.1, 0.15) is 36.0 Å². The maximum Gasteiger partial charge on any atom is 0.416 e. The summed E-state index contributed by atoms with van der Waals surface area (Å²) >= 11 is 0. The molecule has 0 radical (unpaired) electrons. The lowest BCUT2D eigenvalue weighted by molar-refractivity contribution is -0.137. The lowest BCUT2D eigenvalue weighted by atomic mass is 9.97. The van der Waals surface area contributed by atoms with Gasteiger partial charge in [0.1, 0.15) is 0 Å². The highest BCUT2D eigenvalue weighted by Gasteiger charge is 2.31. The van der Waals surface area contributed by atoms with Crippen LogP contribution in [0, 0.1) is 0 Å². The Balaban J connectivity index is 1.32. The van der Waals surface area contributed by atoms with Gasteiger partial charge in [-0.15, -0.1) is 0 Å². The fraction of sp³-hybridized carbons (Fsp3) is 0.296. The predicted octanol–water partition coefficient (Wildman–Crippen LogP) is 5.67. The molecule has 3 aromatic rings. The molecule has 1 fully saturated rings. The van der Waals surface area contributed by atoms with Crippen LogP contribution >= 0.6 is 0 Å². The van der Waals surface area contributed by atoms with E-state index in [0.29, 0.717) is 17.8 Å². The van der Waals surface area contributed by atoms with E-state index >= 15 is 0 Å². The van der Waals surface area contributed by atoms with Gasteiger partial charge in [-0.25, -0.2) is 8.42 Å². The zero-order valence-electron chi connectivity index (χ0n) is 19.8. The Morgan fingerprint density at radius 3 is 2.19 bits per heavy atom. The van der Waals surface area contributed by atoms with Crippen molar-refractivity contribution in [3.8, 4) is 0 Å². The number of hydrogen-bond acceptors (Lipinski definition) is 4. The monoisotopic (exact) mass is 516 g/mol. The molecule has 0 aliphatic carbocycles. The molecule has 3 aromatic carbocycles. The SMILES string of the molecule is CCS(=O)(=O)c1ccc(CC(=O)Nc2ccc(N3CCC(c4ccc(C(F)(F)F)cc4)C3)cc2)cc1. The number of nitrogens with one attached hydrogen (secondary N) is 1. The summed E-state index contributed by atoms with van der Waals surface area (Å²) in [6, 6.07) is 19.2. The fourth-order valence-electron chi connectivity index (χ4n) is 4.34. The lowest BCUT2D eigenvalue weighted by Crippen LogP contribution is -2.19. The van der Waals surface area contributed by atoms with E-state index < -0.39 is 21.6 Å². The van der Waals surface area contributed by atoms with Gasteiger partial charge in [0.2, 0.25) is 5.91 Å². The molecule has 1 unspecified atom stereocenters. The van der Waals surface area contributed by atoms with E-state index in [2.05, 4.69) is 10.2 Å². The maximum atomic E-state index is 12.8. The molecule has 1 heterocycles. The van der Waals surface area contributed by atoms with Gasteiger partial charge in [0.25, 0.3) is 0 Å². The first-order valence-electron chi connectivity index (χ1n) is 11.7. The van der Waals surface area contributed by atoms with Crippen LogP contribution in [-0.2, 0) is 27.2 Å². The van der Waals surface area contributed by atoms with Crippen LogP contribution in [0.3, 0.4) is 0 Å². The molecule has 1 aliphatic rings. The number of rotatable bonds is 7. The van der Waals surface area contributed by atoms with Crippen molar-refractivity contribution >= 4 is 27.1 Å². The molecule has 1 aliphatic heterocycles. The highest BCUT2D eigenvalue weighted by molar-refractivity contribution is 7.91. The minimum absolute atomic E-state index is 0.0238. The molecule has 4 rings (SSSR count). The Morgan fingerprint density at radius 2 is 1.61 bits per heavy atom. The molecule has 0 bridgehead atoms. The van der Waals surface area contributed by atoms with Gasteiger partial charge >= 0.3 is 6.18 Å². The van der Waals surface area contributed by atoms with Crippen molar-refractivity contribution in [3.05, 3.63) is 89.5 Å². The summed E-state index contributed by atoms with van der Waals surface area (Å²) in [5, 5.41) is 2.85. The number of nitrogens with zero attached hydrogens (tertiary/aromatic N) is 1. The van der Waals surface area contributed by atoms with E-state index in [4.69, 9.17) is 0 Å². The third-order valence-corrected chi connectivity index (χ3v) is 8.19. The normalized spacial score (nSPS) is 16.2. The smallest absolute Gasteiger partial charge is 0.371 e. The molecule has 1 amide bonds. The van der Waals surface area contributed by atoms with Crippen molar-refractivity contribution in [2.45, 2.75) is 36.8 Å². The summed E-state index contributed by atoms with van der Waals surface area (Å²) in [4.78, 5) is 14.9. The van der Waals surface area contributed by atoms with Gasteiger partial charge in [-0.2, -0.15) is 13.2 Å². The lowest BCUT2D eigenvalue weighted by Gasteiger charge is -2.19. The van der Waals surface area contributed by atoms with Gasteiger partial charge in [0.05, 0.1) is 22.6 Å². The van der Waals surface area contributed by atoms with Gasteiger partial charge in [-0.1, -0.05) is 31.2 Å². The quantitative estimate of drug-likeness (QED) is 0.439. The van der Waals surface area contributed by atoms with Crippen LogP contribution in [0.2, 0.25) is 0 Å². The van der Waals surface area contributed by atoms with Gasteiger partial charge in [0.15, 0.2) is 9.84 Å². The number of carbonyl (C=O) groups excluding carboxylic acids is 1. The highest BCUT2D eigenvalue weighted by Crippen LogP contribution is 2.34. The third kappa shape index (κ3) is 6.07. The highest BCUT2D eigenvalue weighted by atomic mass is 32.2. The fourth-order valence-corrected chi connectivity index (χ4v) is 5.22. The Labute approximate surface area is 208 Å². The molecule has 190 valence electrons. The second-order valence-electron chi connectivity index (χ2n) is 8.87. The summed E-state index contributed by atoms with van der Waals surface area (Å²) in [5.74, 6) is -0.0292. The molecule has 0 spiro atoms. The zero-order chi connectivity index (χ0) is 25.9. The Hall–Kier alpha value is -3.33. The Morgan fingerprint density at radius 1 is 0.972 bits per heavy atom. The maximum absolute atomic E-state index is 12.8. The number of amides is 1. The molecule has 36 heavy (non-hydrogen) atoms. The largest absolute Gasteiger partial charge is 0.416 e. The standard InChI is InChI=1S/C27H27F3N2O3S/c1-2-36(34,35)25-13-3-19(4-14-25)17-26(33)31-23-9-11-24(12-10-23)32-16-15-21(18-32)20-5-7-22(8-6-20)27(28,29)30/h3-14,21H,2,15-18H2,1H3,(H,31,33). The number of halogens is 3. The number of sulfone groups is 1. The number of hydrogen-bond donors (Lipinski definition) is 1. The third-order valence-electron chi connectivity index (χ3n) is 6.44. The minimum atomic E-state index is -4.33. The number of anilines is 2. The second-order valence-corrected chi connectivity index (χ2v) is 11.1. The summed E-state index contributed by atoms with van der Waals surface area (Å²) < 4.78 is 62.3. The molecule has 0 aromatic heterocycles.